The topological polar surface area (TPSA) is 17.1 Å². The first kappa shape index (κ1) is 15.7. The molecule has 1 aromatic rings. The maximum atomic E-state index is 12.6. The number of hydrogen-bond acceptors (Lipinski definition) is 3. The molecular weight excluding hydrogens is 308 g/mol. The second-order valence-corrected chi connectivity index (χ2v) is 6.91. The number of allylic oxidation sites excluding steroid dienone is 2. The molecule has 1 nitrogen and oxygen atoms in total. The van der Waals surface area contributed by atoms with E-state index in [1.165, 1.54) is 0 Å². The van der Waals surface area contributed by atoms with Crippen LogP contribution in [0.5, 0.6) is 0 Å². The highest BCUT2D eigenvalue weighted by atomic mass is 35.5. The molecule has 0 saturated heterocycles. The van der Waals surface area contributed by atoms with Crippen LogP contribution in [0.1, 0.15) is 24.8 Å². The van der Waals surface area contributed by atoms with Crippen molar-refractivity contribution in [2.75, 3.05) is 12.5 Å². The van der Waals surface area contributed by atoms with E-state index >= 15 is 0 Å². The first-order valence-corrected chi connectivity index (χ1v) is 9.30. The third kappa shape index (κ3) is 3.72. The molecule has 1 fully saturated rings. The third-order valence-corrected chi connectivity index (χ3v) is 5.75. The van der Waals surface area contributed by atoms with E-state index in [1.807, 2.05) is 42.9 Å². The van der Waals surface area contributed by atoms with E-state index in [2.05, 4.69) is 0 Å². The number of carbonyl (C=O) groups is 1. The van der Waals surface area contributed by atoms with E-state index in [0.717, 1.165) is 45.2 Å². The molecule has 1 aliphatic rings. The Hall–Kier alpha value is -0.640. The van der Waals surface area contributed by atoms with Crippen LogP contribution in [0.3, 0.4) is 0 Å². The molecule has 106 valence electrons. The van der Waals surface area contributed by atoms with E-state index in [9.17, 15) is 4.79 Å². The van der Waals surface area contributed by atoms with Crippen LogP contribution in [0.15, 0.2) is 39.6 Å². The Balaban J connectivity index is 2.31. The predicted octanol–water partition coefficient (Wildman–Crippen LogP) is 5.41. The fourth-order valence-corrected chi connectivity index (χ4v) is 3.97. The van der Waals surface area contributed by atoms with Crippen molar-refractivity contribution in [2.24, 2.45) is 0 Å². The van der Waals surface area contributed by atoms with Gasteiger partial charge in [0, 0.05) is 20.4 Å². The van der Waals surface area contributed by atoms with Crippen LogP contribution in [-0.2, 0) is 4.79 Å². The van der Waals surface area contributed by atoms with Gasteiger partial charge in [-0.25, -0.2) is 0 Å². The molecule has 0 spiro atoms. The summed E-state index contributed by atoms with van der Waals surface area (Å²) >= 11 is 9.22. The van der Waals surface area contributed by atoms with Crippen molar-refractivity contribution in [3.63, 3.8) is 0 Å². The molecular formula is C16H17ClOS2. The molecule has 4 heteroatoms. The number of Topliss-reactive ketones (excluding diaryl/α,β-unsaturated/α-hetero) is 1. The molecule has 0 radical (unpaired) electrons. The third-order valence-electron chi connectivity index (χ3n) is 3.27. The average Bonchev–Trinajstić information content (AvgIpc) is 2.46. The molecule has 0 N–H and O–H groups in total. The maximum Gasteiger partial charge on any atom is 0.186 e. The highest BCUT2D eigenvalue weighted by molar-refractivity contribution is 8.21. The summed E-state index contributed by atoms with van der Waals surface area (Å²) in [4.78, 5) is 12.6. The second-order valence-electron chi connectivity index (χ2n) is 4.58. The zero-order valence-corrected chi connectivity index (χ0v) is 14.0. The molecule has 0 unspecified atom stereocenters. The van der Waals surface area contributed by atoms with Crippen molar-refractivity contribution >= 4 is 47.0 Å². The van der Waals surface area contributed by atoms with E-state index < -0.39 is 0 Å². The van der Waals surface area contributed by atoms with Crippen molar-refractivity contribution in [3.8, 4) is 0 Å². The molecule has 0 amide bonds. The molecule has 20 heavy (non-hydrogen) atoms. The van der Waals surface area contributed by atoms with Gasteiger partial charge in [-0.1, -0.05) is 23.7 Å². The minimum absolute atomic E-state index is 0.213. The van der Waals surface area contributed by atoms with Crippen LogP contribution >= 0.6 is 35.1 Å². The summed E-state index contributed by atoms with van der Waals surface area (Å²) < 4.78 is 1.15. The number of hydrogen-bond donors (Lipinski definition) is 0. The monoisotopic (exact) mass is 324 g/mol. The van der Waals surface area contributed by atoms with Crippen LogP contribution in [0.25, 0.3) is 6.08 Å². The lowest BCUT2D eigenvalue weighted by molar-refractivity contribution is -0.112. The molecule has 0 bridgehead atoms. The van der Waals surface area contributed by atoms with Crippen molar-refractivity contribution in [3.05, 3.63) is 50.2 Å². The van der Waals surface area contributed by atoms with Gasteiger partial charge in [0.05, 0.1) is 0 Å². The number of benzene rings is 1. The Morgan fingerprint density at radius 1 is 1.15 bits per heavy atom. The minimum Gasteiger partial charge on any atom is -0.289 e. The molecule has 0 atom stereocenters. The van der Waals surface area contributed by atoms with Crippen molar-refractivity contribution < 1.29 is 4.79 Å². The highest BCUT2D eigenvalue weighted by Crippen LogP contribution is 2.36. The summed E-state index contributed by atoms with van der Waals surface area (Å²) in [6, 6.07) is 7.61. The van der Waals surface area contributed by atoms with Crippen molar-refractivity contribution in [1.29, 1.82) is 0 Å². The van der Waals surface area contributed by atoms with Gasteiger partial charge >= 0.3 is 0 Å². The molecule has 2 rings (SSSR count). The lowest BCUT2D eigenvalue weighted by atomic mass is 9.89. The number of thioether (sulfide) groups is 2. The van der Waals surface area contributed by atoms with Crippen molar-refractivity contribution in [2.45, 2.75) is 19.3 Å². The zero-order valence-electron chi connectivity index (χ0n) is 11.6. The van der Waals surface area contributed by atoms with Gasteiger partial charge < -0.3 is 0 Å². The number of ketones is 1. The van der Waals surface area contributed by atoms with Gasteiger partial charge in [0.25, 0.3) is 0 Å². The number of carbonyl (C=O) groups excluding carboxylic acids is 1. The summed E-state index contributed by atoms with van der Waals surface area (Å²) in [6.45, 7) is 0. The van der Waals surface area contributed by atoms with E-state index in [-0.39, 0.29) is 5.78 Å². The molecule has 0 aromatic heterocycles. The van der Waals surface area contributed by atoms with Crippen molar-refractivity contribution in [1.82, 2.24) is 0 Å². The van der Waals surface area contributed by atoms with Gasteiger partial charge in [-0.3, -0.25) is 4.79 Å². The standard InChI is InChI=1S/C16H17ClOS2/c1-19-16(20-2)14-5-3-4-12(15(14)18)10-11-6-8-13(17)9-7-11/h6-10H,3-5H2,1-2H3. The first-order chi connectivity index (χ1) is 9.65. The fraction of sp³-hybridized carbons (Fsp3) is 0.312. The van der Waals surface area contributed by atoms with E-state index in [4.69, 9.17) is 11.6 Å². The largest absolute Gasteiger partial charge is 0.289 e. The Morgan fingerprint density at radius 3 is 2.40 bits per heavy atom. The second kappa shape index (κ2) is 7.39. The molecule has 1 saturated carbocycles. The van der Waals surface area contributed by atoms with Crippen LogP contribution in [0, 0.1) is 0 Å². The summed E-state index contributed by atoms with van der Waals surface area (Å²) in [6.07, 6.45) is 8.86. The molecule has 1 aromatic carbocycles. The summed E-state index contributed by atoms with van der Waals surface area (Å²) in [7, 11) is 0. The molecule has 0 heterocycles. The Morgan fingerprint density at radius 2 is 1.80 bits per heavy atom. The smallest absolute Gasteiger partial charge is 0.186 e. The molecule has 1 aliphatic carbocycles. The van der Waals surface area contributed by atoms with Gasteiger partial charge in [0.1, 0.15) is 0 Å². The average molecular weight is 325 g/mol. The summed E-state index contributed by atoms with van der Waals surface area (Å²) in [5.41, 5.74) is 2.93. The predicted molar refractivity (Wildman–Crippen MR) is 92.3 cm³/mol. The van der Waals surface area contributed by atoms with Gasteiger partial charge in [0.15, 0.2) is 5.78 Å². The van der Waals surface area contributed by atoms with Gasteiger partial charge in [0.2, 0.25) is 0 Å². The maximum absolute atomic E-state index is 12.6. The van der Waals surface area contributed by atoms with Gasteiger partial charge in [-0.05, 0) is 55.5 Å². The zero-order chi connectivity index (χ0) is 14.5. The van der Waals surface area contributed by atoms with Crippen LogP contribution in [0.4, 0.5) is 0 Å². The lowest BCUT2D eigenvalue weighted by Crippen LogP contribution is -2.13. The first-order valence-electron chi connectivity index (χ1n) is 6.47. The summed E-state index contributed by atoms with van der Waals surface area (Å²) in [5, 5.41) is 0.717. The summed E-state index contributed by atoms with van der Waals surface area (Å²) in [5.74, 6) is 0.213. The quantitative estimate of drug-likeness (QED) is 0.692. The normalized spacial score (nSPS) is 17.6. The van der Waals surface area contributed by atoms with Crippen LogP contribution in [0.2, 0.25) is 5.02 Å². The van der Waals surface area contributed by atoms with E-state index in [0.29, 0.717) is 0 Å². The van der Waals surface area contributed by atoms with E-state index in [1.54, 1.807) is 23.5 Å². The van der Waals surface area contributed by atoms with Crippen LogP contribution < -0.4 is 0 Å². The fourth-order valence-electron chi connectivity index (χ4n) is 2.30. The SMILES string of the molecule is CSC(SC)=C1CCCC(=Cc2ccc(Cl)cc2)C1=O. The number of halogens is 1. The molecule has 0 aliphatic heterocycles. The Labute approximate surface area is 133 Å². The Bertz CT molecular complexity index is 552. The van der Waals surface area contributed by atoms with Gasteiger partial charge in [-0.2, -0.15) is 0 Å². The Kier molecular flexibility index (Phi) is 5.82. The minimum atomic E-state index is 0.213. The lowest BCUT2D eigenvalue weighted by Gasteiger charge is -2.19. The highest BCUT2D eigenvalue weighted by Gasteiger charge is 2.23. The number of rotatable bonds is 3. The van der Waals surface area contributed by atoms with Crippen LogP contribution in [-0.4, -0.2) is 18.3 Å². The van der Waals surface area contributed by atoms with Gasteiger partial charge in [-0.15, -0.1) is 23.5 Å².